The van der Waals surface area contributed by atoms with Gasteiger partial charge in [0.1, 0.15) is 0 Å². The molecule has 1 N–H and O–H groups in total. The number of nitrogens with one attached hydrogen (secondary N) is 1. The number of benzene rings is 6. The molecule has 1 aliphatic rings. The van der Waals surface area contributed by atoms with Crippen molar-refractivity contribution in [2.45, 2.75) is 19.6 Å². The molecule has 0 spiro atoms. The maximum absolute atomic E-state index is 3.61. The normalized spacial score (nSPS) is 12.1. The average Bonchev–Trinajstić information content (AvgIpc) is 2.96. The van der Waals surface area contributed by atoms with Crippen LogP contribution in [0.5, 0.6) is 0 Å². The fourth-order valence-electron chi connectivity index (χ4n) is 4.89. The molecule has 0 saturated carbocycles. The van der Waals surface area contributed by atoms with Gasteiger partial charge in [-0.25, -0.2) is 0 Å². The molecule has 37 heavy (non-hydrogen) atoms. The Morgan fingerprint density at radius 2 is 1.08 bits per heavy atom. The zero-order chi connectivity index (χ0) is 24.6. The molecule has 1 nitrogen and oxygen atoms in total. The summed E-state index contributed by atoms with van der Waals surface area (Å²) in [7, 11) is 0. The Balaban J connectivity index is 1.23. The number of hydrogen-bond donors (Lipinski definition) is 1. The summed E-state index contributed by atoms with van der Waals surface area (Å²) in [5, 5.41) is 6.20. The van der Waals surface area contributed by atoms with E-state index in [1.54, 1.807) is 0 Å². The first-order chi connectivity index (χ1) is 18.3. The minimum atomic E-state index is 1.09. The monoisotopic (exact) mass is 509 g/mol. The number of anilines is 2. The summed E-state index contributed by atoms with van der Waals surface area (Å²) in [6.45, 7) is 0. The van der Waals surface area contributed by atoms with Crippen molar-refractivity contribution in [3.63, 3.8) is 0 Å². The van der Waals surface area contributed by atoms with E-state index in [0.29, 0.717) is 0 Å². The highest BCUT2D eigenvalue weighted by Gasteiger charge is 2.23. The Labute approximate surface area is 225 Å². The highest BCUT2D eigenvalue weighted by molar-refractivity contribution is 8.05. The van der Waals surface area contributed by atoms with Gasteiger partial charge in [0.2, 0.25) is 0 Å². The maximum atomic E-state index is 3.61. The smallest absolute Gasteiger partial charge is 0.0396 e. The summed E-state index contributed by atoms with van der Waals surface area (Å²) in [5.41, 5.74) is 7.23. The Bertz CT molecular complexity index is 1730. The van der Waals surface area contributed by atoms with E-state index in [2.05, 4.69) is 139 Å². The molecular formula is C34H23NS2. The van der Waals surface area contributed by atoms with Gasteiger partial charge in [0.05, 0.1) is 0 Å². The van der Waals surface area contributed by atoms with Crippen LogP contribution in [0.2, 0.25) is 0 Å². The van der Waals surface area contributed by atoms with Crippen molar-refractivity contribution in [1.29, 1.82) is 0 Å². The van der Waals surface area contributed by atoms with E-state index < -0.39 is 0 Å². The van der Waals surface area contributed by atoms with Crippen molar-refractivity contribution < 1.29 is 0 Å². The lowest BCUT2D eigenvalue weighted by molar-refractivity contribution is 1.17. The van der Waals surface area contributed by atoms with Crippen LogP contribution in [-0.4, -0.2) is 0 Å². The third-order valence-electron chi connectivity index (χ3n) is 6.69. The Hall–Kier alpha value is -3.92. The second-order valence-corrected chi connectivity index (χ2v) is 11.2. The van der Waals surface area contributed by atoms with Gasteiger partial charge in [-0.05, 0) is 63.9 Å². The third kappa shape index (κ3) is 4.31. The summed E-state index contributed by atoms with van der Waals surface area (Å²) < 4.78 is 0. The van der Waals surface area contributed by atoms with E-state index in [0.717, 1.165) is 11.4 Å². The Morgan fingerprint density at radius 3 is 1.86 bits per heavy atom. The molecule has 0 saturated heterocycles. The molecule has 0 radical (unpaired) electrons. The van der Waals surface area contributed by atoms with E-state index in [-0.39, 0.29) is 0 Å². The van der Waals surface area contributed by atoms with E-state index in [1.807, 2.05) is 23.5 Å². The zero-order valence-electron chi connectivity index (χ0n) is 20.0. The summed E-state index contributed by atoms with van der Waals surface area (Å²) in [6.07, 6.45) is 0. The van der Waals surface area contributed by atoms with Crippen LogP contribution in [0.4, 0.5) is 11.4 Å². The predicted molar refractivity (Wildman–Crippen MR) is 159 cm³/mol. The number of rotatable bonds is 4. The van der Waals surface area contributed by atoms with Crippen molar-refractivity contribution in [2.75, 3.05) is 5.32 Å². The van der Waals surface area contributed by atoms with Crippen LogP contribution in [0.1, 0.15) is 0 Å². The highest BCUT2D eigenvalue weighted by Crippen LogP contribution is 2.54. The molecule has 0 aromatic heterocycles. The van der Waals surface area contributed by atoms with Gasteiger partial charge in [0.15, 0.2) is 0 Å². The zero-order valence-corrected chi connectivity index (χ0v) is 21.7. The van der Waals surface area contributed by atoms with E-state index in [1.165, 1.54) is 52.6 Å². The van der Waals surface area contributed by atoms with Crippen molar-refractivity contribution in [2.24, 2.45) is 0 Å². The maximum Gasteiger partial charge on any atom is 0.0396 e. The quantitative estimate of drug-likeness (QED) is 0.253. The molecule has 0 fully saturated rings. The number of hydrogen-bond acceptors (Lipinski definition) is 3. The topological polar surface area (TPSA) is 12.0 Å². The summed E-state index contributed by atoms with van der Waals surface area (Å²) in [5.74, 6) is 0. The Morgan fingerprint density at radius 1 is 0.432 bits per heavy atom. The molecule has 6 aromatic carbocycles. The molecule has 1 heterocycles. The van der Waals surface area contributed by atoms with E-state index >= 15 is 0 Å². The molecule has 6 aromatic rings. The molecule has 7 rings (SSSR count). The third-order valence-corrected chi connectivity index (χ3v) is 9.25. The van der Waals surface area contributed by atoms with Gasteiger partial charge in [0.25, 0.3) is 0 Å². The summed E-state index contributed by atoms with van der Waals surface area (Å²) in [6, 6.07) is 47.7. The molecule has 0 unspecified atom stereocenters. The van der Waals surface area contributed by atoms with Crippen molar-refractivity contribution in [3.05, 3.63) is 133 Å². The lowest BCUT2D eigenvalue weighted by atomic mass is 9.98. The van der Waals surface area contributed by atoms with Gasteiger partial charge >= 0.3 is 0 Å². The summed E-state index contributed by atoms with van der Waals surface area (Å²) >= 11 is 3.75. The minimum Gasteiger partial charge on any atom is -0.355 e. The van der Waals surface area contributed by atoms with Crippen LogP contribution in [0.25, 0.3) is 33.0 Å². The lowest BCUT2D eigenvalue weighted by Crippen LogP contribution is -1.96. The summed E-state index contributed by atoms with van der Waals surface area (Å²) in [4.78, 5) is 5.26. The molecule has 176 valence electrons. The van der Waals surface area contributed by atoms with E-state index in [9.17, 15) is 0 Å². The van der Waals surface area contributed by atoms with Crippen LogP contribution in [0.3, 0.4) is 0 Å². The lowest BCUT2D eigenvalue weighted by Gasteiger charge is -2.23. The van der Waals surface area contributed by atoms with Crippen molar-refractivity contribution >= 4 is 45.7 Å². The molecular weight excluding hydrogens is 487 g/mol. The molecule has 3 heteroatoms. The SMILES string of the molecule is c1ccc(-c2ccc(Nc3ccc4c(c3)Sc3c(cc5ccccc5c3-c3ccccc3)S4)cc2)cc1. The van der Waals surface area contributed by atoms with Crippen LogP contribution in [0.15, 0.2) is 153 Å². The molecule has 0 amide bonds. The first kappa shape index (κ1) is 22.3. The fourth-order valence-corrected chi connectivity index (χ4v) is 7.37. The Kier molecular flexibility index (Phi) is 5.73. The molecule has 1 aliphatic heterocycles. The van der Waals surface area contributed by atoms with E-state index in [4.69, 9.17) is 0 Å². The number of fused-ring (bicyclic) bond motifs is 3. The van der Waals surface area contributed by atoms with Gasteiger partial charge in [-0.15, -0.1) is 0 Å². The first-order valence-corrected chi connectivity index (χ1v) is 14.0. The van der Waals surface area contributed by atoms with Crippen LogP contribution < -0.4 is 5.32 Å². The van der Waals surface area contributed by atoms with Gasteiger partial charge in [0, 0.05) is 36.5 Å². The predicted octanol–water partition coefficient (Wildman–Crippen LogP) is 10.5. The standard InChI is InChI=1S/C34H23NS2/c1-3-9-23(10-4-1)24-15-17-27(18-16-24)35-28-19-20-30-31(22-28)37-34-32(36-30)21-26-13-7-8-14-29(26)33(34)25-11-5-2-6-12-25/h1-22,35H. The van der Waals surface area contributed by atoms with Crippen LogP contribution >= 0.6 is 23.5 Å². The second kappa shape index (κ2) is 9.51. The van der Waals surface area contributed by atoms with Crippen molar-refractivity contribution in [1.82, 2.24) is 0 Å². The largest absolute Gasteiger partial charge is 0.355 e. The molecule has 0 aliphatic carbocycles. The van der Waals surface area contributed by atoms with Gasteiger partial charge in [-0.3, -0.25) is 0 Å². The fraction of sp³-hybridized carbons (Fsp3) is 0. The van der Waals surface area contributed by atoms with Crippen LogP contribution in [-0.2, 0) is 0 Å². The van der Waals surface area contributed by atoms with Crippen LogP contribution in [0, 0.1) is 0 Å². The van der Waals surface area contributed by atoms with Gasteiger partial charge in [-0.2, -0.15) is 0 Å². The minimum absolute atomic E-state index is 1.09. The highest BCUT2D eigenvalue weighted by atomic mass is 32.2. The second-order valence-electron chi connectivity index (χ2n) is 9.10. The van der Waals surface area contributed by atoms with Gasteiger partial charge < -0.3 is 5.32 Å². The van der Waals surface area contributed by atoms with Crippen molar-refractivity contribution in [3.8, 4) is 22.3 Å². The van der Waals surface area contributed by atoms with Gasteiger partial charge in [-0.1, -0.05) is 121 Å². The average molecular weight is 510 g/mol. The molecule has 0 atom stereocenters. The first-order valence-electron chi connectivity index (χ1n) is 12.4. The molecule has 0 bridgehead atoms.